The molecule has 1 atom stereocenters. The van der Waals surface area contributed by atoms with Crippen LogP contribution >= 0.6 is 23.5 Å². The summed E-state index contributed by atoms with van der Waals surface area (Å²) in [5, 5.41) is 0. The molecule has 2 aromatic rings. The normalized spacial score (nSPS) is 13.4. The van der Waals surface area contributed by atoms with Gasteiger partial charge >= 0.3 is 0 Å². The molecular weight excluding hydrogens is 264 g/mol. The lowest BCUT2D eigenvalue weighted by atomic mass is 10.4. The highest BCUT2D eigenvalue weighted by Crippen LogP contribution is 2.12. The van der Waals surface area contributed by atoms with Crippen LogP contribution in [0.25, 0.3) is 0 Å². The highest BCUT2D eigenvalue weighted by molar-refractivity contribution is 8.02. The summed E-state index contributed by atoms with van der Waals surface area (Å²) >= 11 is 3.50. The molecule has 2 nitrogen and oxygen atoms in total. The Morgan fingerprint density at radius 1 is 0.889 bits per heavy atom. The summed E-state index contributed by atoms with van der Waals surface area (Å²) in [7, 11) is 0. The average molecular weight is 283 g/mol. The van der Waals surface area contributed by atoms with E-state index in [0.29, 0.717) is 0 Å². The molecule has 0 aromatic carbocycles. The summed E-state index contributed by atoms with van der Waals surface area (Å²) in [6.07, 6.45) is 5.26. The van der Waals surface area contributed by atoms with Crippen molar-refractivity contribution >= 4 is 23.5 Å². The molecule has 0 saturated carbocycles. The van der Waals surface area contributed by atoms with Crippen LogP contribution in [0.4, 0.5) is 0 Å². The van der Waals surface area contributed by atoms with Crippen LogP contribution in [0.1, 0.15) is 12.9 Å². The fraction of sp³-hybridized carbons (Fsp3) is 0.429. The van der Waals surface area contributed by atoms with Gasteiger partial charge in [-0.3, -0.25) is 0 Å². The molecule has 2 rings (SSSR count). The number of hydrogen-bond acceptors (Lipinski definition) is 4. The predicted molar refractivity (Wildman–Crippen MR) is 79.5 cm³/mol. The second-order valence-corrected chi connectivity index (χ2v) is 6.00. The Bertz CT molecular complexity index is 428. The van der Waals surface area contributed by atoms with E-state index in [1.54, 1.807) is 24.3 Å². The van der Waals surface area contributed by atoms with E-state index in [0.717, 1.165) is 41.6 Å². The Kier molecular flexibility index (Phi) is 5.73. The van der Waals surface area contributed by atoms with Crippen molar-refractivity contribution in [1.29, 1.82) is 0 Å². The summed E-state index contributed by atoms with van der Waals surface area (Å²) < 4.78 is 18.5. The van der Waals surface area contributed by atoms with Gasteiger partial charge in [-0.05, 0) is 24.3 Å². The van der Waals surface area contributed by atoms with E-state index >= 15 is 0 Å². The Balaban J connectivity index is 1.48. The highest BCUT2D eigenvalue weighted by Gasteiger charge is 1.98. The van der Waals surface area contributed by atoms with Crippen molar-refractivity contribution in [3.63, 3.8) is 0 Å². The molecule has 1 unspecified atom stereocenters. The number of thioether (sulfide) groups is 2. The molecule has 0 aliphatic rings. The average Bonchev–Trinajstić information content (AvgIpc) is 3.07. The smallest absolute Gasteiger partial charge is 0.104 e. The second-order valence-electron chi connectivity index (χ2n) is 3.77. The highest BCUT2D eigenvalue weighted by atomic mass is 32.2. The molecule has 0 spiro atoms. The van der Waals surface area contributed by atoms with Crippen molar-refractivity contribution in [3.8, 4) is 0 Å². The maximum absolute atomic E-state index is 7.94. The molecule has 0 bridgehead atoms. The van der Waals surface area contributed by atoms with Crippen LogP contribution in [-0.4, -0.2) is 23.0 Å². The quantitative estimate of drug-likeness (QED) is 0.647. The third-order valence-corrected chi connectivity index (χ3v) is 4.37. The van der Waals surface area contributed by atoms with Gasteiger partial charge in [0, 0.05) is 37.2 Å². The largest absolute Gasteiger partial charge is 0.469 e. The molecule has 4 heteroatoms. The van der Waals surface area contributed by atoms with Crippen LogP contribution in [0.2, 0.25) is 0 Å². The van der Waals surface area contributed by atoms with Crippen molar-refractivity contribution in [3.05, 3.63) is 48.3 Å². The van der Waals surface area contributed by atoms with Crippen molar-refractivity contribution in [2.45, 2.75) is 12.8 Å². The van der Waals surface area contributed by atoms with Crippen LogP contribution in [0.15, 0.2) is 45.6 Å². The Morgan fingerprint density at radius 2 is 1.50 bits per heavy atom. The summed E-state index contributed by atoms with van der Waals surface area (Å²) in [6, 6.07) is 7.80. The lowest BCUT2D eigenvalue weighted by Gasteiger charge is -2.01. The molecule has 0 aliphatic heterocycles. The zero-order chi connectivity index (χ0) is 13.3. The van der Waals surface area contributed by atoms with Crippen LogP contribution in [0.5, 0.6) is 0 Å². The van der Waals surface area contributed by atoms with Crippen LogP contribution < -0.4 is 0 Å². The van der Waals surface area contributed by atoms with Gasteiger partial charge in [0.1, 0.15) is 11.5 Å². The van der Waals surface area contributed by atoms with Gasteiger partial charge in [0.05, 0.1) is 12.5 Å². The summed E-state index contributed by atoms with van der Waals surface area (Å²) in [4.78, 5) is 0. The van der Waals surface area contributed by atoms with Gasteiger partial charge in [-0.25, -0.2) is 0 Å². The SMILES string of the molecule is [2H]C(CSCCc1ccco1)SCCc1ccco1. The summed E-state index contributed by atoms with van der Waals surface area (Å²) in [5.74, 6) is 4.86. The summed E-state index contributed by atoms with van der Waals surface area (Å²) in [5.41, 5.74) is -0.0587. The van der Waals surface area contributed by atoms with Gasteiger partial charge in [0.15, 0.2) is 0 Å². The first-order chi connectivity index (χ1) is 9.34. The molecule has 0 saturated heterocycles. The standard InChI is InChI=1S/C14H18O2S2/c1-3-13(15-7-1)5-9-17-11-12-18-10-6-14-4-2-8-16-14/h1-4,7-8H,5-6,9-12H2/i11D. The van der Waals surface area contributed by atoms with Crippen molar-refractivity contribution in [2.75, 3.05) is 23.0 Å². The van der Waals surface area contributed by atoms with E-state index in [4.69, 9.17) is 10.2 Å². The monoisotopic (exact) mass is 283 g/mol. The molecule has 0 radical (unpaired) electrons. The molecule has 0 fully saturated rings. The first-order valence-corrected chi connectivity index (χ1v) is 8.21. The zero-order valence-corrected chi connectivity index (χ0v) is 11.8. The van der Waals surface area contributed by atoms with E-state index in [9.17, 15) is 0 Å². The van der Waals surface area contributed by atoms with Gasteiger partial charge in [-0.1, -0.05) is 0 Å². The van der Waals surface area contributed by atoms with Crippen LogP contribution in [0.3, 0.4) is 0 Å². The van der Waals surface area contributed by atoms with E-state index < -0.39 is 0 Å². The van der Waals surface area contributed by atoms with E-state index in [2.05, 4.69) is 0 Å². The molecule has 98 valence electrons. The fourth-order valence-electron chi connectivity index (χ4n) is 1.50. The van der Waals surface area contributed by atoms with Crippen molar-refractivity contribution in [1.82, 2.24) is 0 Å². The number of furan rings is 2. The lowest BCUT2D eigenvalue weighted by molar-refractivity contribution is 0.517. The zero-order valence-electron chi connectivity index (χ0n) is 11.2. The summed E-state index contributed by atoms with van der Waals surface area (Å²) in [6.45, 7) is 0. The van der Waals surface area contributed by atoms with E-state index in [1.165, 1.54) is 0 Å². The van der Waals surface area contributed by atoms with E-state index in [-0.39, 0.29) is 5.73 Å². The van der Waals surface area contributed by atoms with Gasteiger partial charge in [-0.2, -0.15) is 23.5 Å². The van der Waals surface area contributed by atoms with Gasteiger partial charge in [0.25, 0.3) is 0 Å². The second kappa shape index (κ2) is 8.38. The minimum Gasteiger partial charge on any atom is -0.469 e. The first kappa shape index (κ1) is 12.3. The predicted octanol–water partition coefficient (Wildman–Crippen LogP) is 4.12. The molecule has 0 N–H and O–H groups in total. The molecular formula is C14H18O2S2. The Labute approximate surface area is 118 Å². The minimum atomic E-state index is -0.0587. The molecule has 18 heavy (non-hydrogen) atoms. The number of hydrogen-bond donors (Lipinski definition) is 0. The fourth-order valence-corrected chi connectivity index (χ4v) is 3.27. The minimum absolute atomic E-state index is 0.0587. The van der Waals surface area contributed by atoms with Crippen LogP contribution in [0, 0.1) is 0 Å². The third kappa shape index (κ3) is 5.27. The maximum Gasteiger partial charge on any atom is 0.104 e. The Morgan fingerprint density at radius 3 is 2.06 bits per heavy atom. The number of aryl methyl sites for hydroxylation is 2. The topological polar surface area (TPSA) is 26.3 Å². The van der Waals surface area contributed by atoms with Gasteiger partial charge in [-0.15, -0.1) is 0 Å². The maximum atomic E-state index is 7.94. The van der Waals surface area contributed by atoms with Gasteiger partial charge < -0.3 is 8.83 Å². The molecule has 2 heterocycles. The third-order valence-electron chi connectivity index (χ3n) is 2.42. The molecule has 0 aliphatic carbocycles. The Hall–Kier alpha value is -0.740. The molecule has 2 aromatic heterocycles. The van der Waals surface area contributed by atoms with Gasteiger partial charge in [0.2, 0.25) is 0 Å². The van der Waals surface area contributed by atoms with Crippen molar-refractivity contribution in [2.24, 2.45) is 0 Å². The van der Waals surface area contributed by atoms with Crippen LogP contribution in [-0.2, 0) is 12.8 Å². The molecule has 0 amide bonds. The van der Waals surface area contributed by atoms with E-state index in [1.807, 2.05) is 36.0 Å². The van der Waals surface area contributed by atoms with Crippen molar-refractivity contribution < 1.29 is 10.2 Å². The lowest BCUT2D eigenvalue weighted by Crippen LogP contribution is -1.93. The number of rotatable bonds is 9. The first-order valence-electron chi connectivity index (χ1n) is 6.58.